The molecule has 1 unspecified atom stereocenters. The molecule has 1 atom stereocenters. The number of benzene rings is 1. The maximum Gasteiger partial charge on any atom is 0.233 e. The average molecular weight is 250 g/mol. The number of hydrogen-bond donors (Lipinski definition) is 2. The number of nitrogens with zero attached hydrogens (tertiary/aromatic N) is 2. The van der Waals surface area contributed by atoms with Crippen molar-refractivity contribution < 1.29 is 13.8 Å². The number of aromatic nitrogens is 2. The lowest BCUT2D eigenvalue weighted by molar-refractivity contribution is -0.117. The van der Waals surface area contributed by atoms with Gasteiger partial charge in [0.2, 0.25) is 5.91 Å². The smallest absolute Gasteiger partial charge is 0.233 e. The van der Waals surface area contributed by atoms with Gasteiger partial charge in [-0.05, 0) is 36.3 Å². The van der Waals surface area contributed by atoms with Gasteiger partial charge in [-0.1, -0.05) is 5.16 Å². The summed E-state index contributed by atoms with van der Waals surface area (Å²) in [4.78, 5) is 11.9. The quantitative estimate of drug-likeness (QED) is 0.861. The summed E-state index contributed by atoms with van der Waals surface area (Å²) in [6, 6.07) is 5.44. The van der Waals surface area contributed by atoms with Gasteiger partial charge in [-0.15, -0.1) is 0 Å². The van der Waals surface area contributed by atoms with E-state index in [4.69, 9.17) is 5.73 Å². The van der Waals surface area contributed by atoms with Crippen molar-refractivity contribution in [1.29, 1.82) is 0 Å². The van der Waals surface area contributed by atoms with Gasteiger partial charge >= 0.3 is 0 Å². The van der Waals surface area contributed by atoms with Crippen LogP contribution in [0.25, 0.3) is 0 Å². The fourth-order valence-corrected chi connectivity index (χ4v) is 1.41. The highest BCUT2D eigenvalue weighted by atomic mass is 19.1. The number of halogens is 1. The minimum absolute atomic E-state index is 0.0803. The van der Waals surface area contributed by atoms with E-state index in [2.05, 4.69) is 20.3 Å². The SMILES string of the molecule is CC(C(=O)Nc1ccc(F)cc1)c1nonc1N. The summed E-state index contributed by atoms with van der Waals surface area (Å²) in [6.45, 7) is 1.62. The second-order valence-electron chi connectivity index (χ2n) is 3.75. The van der Waals surface area contributed by atoms with Gasteiger partial charge in [0.05, 0.1) is 5.92 Å². The zero-order chi connectivity index (χ0) is 13.1. The van der Waals surface area contributed by atoms with Crippen molar-refractivity contribution in [3.8, 4) is 0 Å². The Bertz CT molecular complexity index is 552. The standard InChI is InChI=1S/C11H11FN4O2/c1-6(9-10(13)16-18-15-9)11(17)14-8-4-2-7(12)3-5-8/h2-6H,1H3,(H2,13,16)(H,14,17). The second kappa shape index (κ2) is 4.82. The van der Waals surface area contributed by atoms with E-state index in [9.17, 15) is 9.18 Å². The van der Waals surface area contributed by atoms with Crippen molar-refractivity contribution >= 4 is 17.4 Å². The number of hydrogen-bond acceptors (Lipinski definition) is 5. The lowest BCUT2D eigenvalue weighted by Gasteiger charge is -2.09. The lowest BCUT2D eigenvalue weighted by atomic mass is 10.1. The third kappa shape index (κ3) is 2.45. The predicted octanol–water partition coefficient (Wildman–Crippen LogP) is 1.53. The first-order chi connectivity index (χ1) is 8.58. The Morgan fingerprint density at radius 1 is 1.39 bits per heavy atom. The third-order valence-electron chi connectivity index (χ3n) is 2.46. The number of carbonyl (C=O) groups excluding carboxylic acids is 1. The molecule has 0 aliphatic heterocycles. The Balaban J connectivity index is 2.08. The monoisotopic (exact) mass is 250 g/mol. The Morgan fingerprint density at radius 2 is 2.06 bits per heavy atom. The molecule has 1 aromatic heterocycles. The van der Waals surface area contributed by atoms with Crippen LogP contribution in [0, 0.1) is 5.82 Å². The second-order valence-corrected chi connectivity index (χ2v) is 3.75. The van der Waals surface area contributed by atoms with Crippen molar-refractivity contribution in [3.05, 3.63) is 35.8 Å². The Morgan fingerprint density at radius 3 is 2.61 bits per heavy atom. The maximum absolute atomic E-state index is 12.7. The molecular weight excluding hydrogens is 239 g/mol. The summed E-state index contributed by atoms with van der Waals surface area (Å²) in [6.07, 6.45) is 0. The number of anilines is 2. The molecule has 0 saturated carbocycles. The first-order valence-electron chi connectivity index (χ1n) is 5.22. The van der Waals surface area contributed by atoms with Gasteiger partial charge in [-0.2, -0.15) is 0 Å². The summed E-state index contributed by atoms with van der Waals surface area (Å²) >= 11 is 0. The van der Waals surface area contributed by atoms with E-state index < -0.39 is 5.92 Å². The van der Waals surface area contributed by atoms with Crippen LogP contribution in [0.2, 0.25) is 0 Å². The molecule has 0 aliphatic rings. The Labute approximate surface area is 102 Å². The molecule has 2 rings (SSSR count). The van der Waals surface area contributed by atoms with E-state index in [1.807, 2.05) is 0 Å². The van der Waals surface area contributed by atoms with E-state index >= 15 is 0 Å². The van der Waals surface area contributed by atoms with E-state index in [1.54, 1.807) is 6.92 Å². The molecule has 7 heteroatoms. The van der Waals surface area contributed by atoms with Crippen LogP contribution in [0.4, 0.5) is 15.9 Å². The van der Waals surface area contributed by atoms with Crippen molar-refractivity contribution in [1.82, 2.24) is 10.3 Å². The van der Waals surface area contributed by atoms with Crippen molar-refractivity contribution in [2.45, 2.75) is 12.8 Å². The van der Waals surface area contributed by atoms with E-state index in [0.29, 0.717) is 5.69 Å². The highest BCUT2D eigenvalue weighted by molar-refractivity contribution is 5.95. The topological polar surface area (TPSA) is 94.0 Å². The molecule has 0 saturated heterocycles. The van der Waals surface area contributed by atoms with Crippen LogP contribution in [0.15, 0.2) is 28.9 Å². The third-order valence-corrected chi connectivity index (χ3v) is 2.46. The molecule has 2 aromatic rings. The van der Waals surface area contributed by atoms with Gasteiger partial charge in [-0.3, -0.25) is 4.79 Å². The largest absolute Gasteiger partial charge is 0.379 e. The number of carbonyl (C=O) groups is 1. The molecule has 3 N–H and O–H groups in total. The number of nitrogens with two attached hydrogens (primary N) is 1. The first kappa shape index (κ1) is 12.0. The molecule has 6 nitrogen and oxygen atoms in total. The number of amides is 1. The maximum atomic E-state index is 12.7. The summed E-state index contributed by atoms with van der Waals surface area (Å²) in [5.41, 5.74) is 6.26. The van der Waals surface area contributed by atoms with Gasteiger partial charge in [0.15, 0.2) is 5.82 Å². The number of nitrogens with one attached hydrogen (secondary N) is 1. The number of nitrogen functional groups attached to an aromatic ring is 1. The lowest BCUT2D eigenvalue weighted by Crippen LogP contribution is -2.20. The average Bonchev–Trinajstić information content (AvgIpc) is 2.77. The molecule has 1 aromatic carbocycles. The van der Waals surface area contributed by atoms with Crippen LogP contribution in [0.3, 0.4) is 0 Å². The predicted molar refractivity (Wildman–Crippen MR) is 62.2 cm³/mol. The summed E-state index contributed by atoms with van der Waals surface area (Å²) < 4.78 is 17.1. The van der Waals surface area contributed by atoms with E-state index in [-0.39, 0.29) is 23.2 Å². The summed E-state index contributed by atoms with van der Waals surface area (Å²) in [5, 5.41) is 9.58. The molecule has 0 radical (unpaired) electrons. The van der Waals surface area contributed by atoms with Gasteiger partial charge < -0.3 is 11.1 Å². The van der Waals surface area contributed by atoms with E-state index in [0.717, 1.165) is 0 Å². The van der Waals surface area contributed by atoms with Gasteiger partial charge in [0.1, 0.15) is 11.5 Å². The van der Waals surface area contributed by atoms with Crippen LogP contribution in [-0.4, -0.2) is 16.2 Å². The fourth-order valence-electron chi connectivity index (χ4n) is 1.41. The van der Waals surface area contributed by atoms with Gasteiger partial charge in [0, 0.05) is 5.69 Å². The molecule has 0 spiro atoms. The minimum Gasteiger partial charge on any atom is -0.379 e. The van der Waals surface area contributed by atoms with Crippen LogP contribution in [0.1, 0.15) is 18.5 Å². The molecule has 0 bridgehead atoms. The van der Waals surface area contributed by atoms with Gasteiger partial charge in [-0.25, -0.2) is 9.02 Å². The zero-order valence-corrected chi connectivity index (χ0v) is 9.55. The fraction of sp³-hybridized carbons (Fsp3) is 0.182. The number of rotatable bonds is 3. The Hall–Kier alpha value is -2.44. The first-order valence-corrected chi connectivity index (χ1v) is 5.22. The molecule has 18 heavy (non-hydrogen) atoms. The van der Waals surface area contributed by atoms with Crippen molar-refractivity contribution in [2.75, 3.05) is 11.1 Å². The summed E-state index contributed by atoms with van der Waals surface area (Å²) in [7, 11) is 0. The van der Waals surface area contributed by atoms with Crippen molar-refractivity contribution in [2.24, 2.45) is 0 Å². The Kier molecular flexibility index (Phi) is 3.22. The van der Waals surface area contributed by atoms with Crippen LogP contribution < -0.4 is 11.1 Å². The molecule has 0 fully saturated rings. The minimum atomic E-state index is -0.610. The van der Waals surface area contributed by atoms with Crippen molar-refractivity contribution in [3.63, 3.8) is 0 Å². The van der Waals surface area contributed by atoms with E-state index in [1.165, 1.54) is 24.3 Å². The van der Waals surface area contributed by atoms with Crippen LogP contribution in [0.5, 0.6) is 0 Å². The zero-order valence-electron chi connectivity index (χ0n) is 9.55. The van der Waals surface area contributed by atoms with Crippen LogP contribution >= 0.6 is 0 Å². The highest BCUT2D eigenvalue weighted by Gasteiger charge is 2.22. The highest BCUT2D eigenvalue weighted by Crippen LogP contribution is 2.20. The molecule has 94 valence electrons. The normalized spacial score (nSPS) is 12.1. The van der Waals surface area contributed by atoms with Crippen LogP contribution in [-0.2, 0) is 4.79 Å². The van der Waals surface area contributed by atoms with Gasteiger partial charge in [0.25, 0.3) is 0 Å². The molecule has 0 aliphatic carbocycles. The molecule has 1 heterocycles. The molecular formula is C11H11FN4O2. The molecule has 1 amide bonds. The summed E-state index contributed by atoms with van der Waals surface area (Å²) in [5.74, 6) is -1.23.